The Balaban J connectivity index is 1.65. The summed E-state index contributed by atoms with van der Waals surface area (Å²) in [6.07, 6.45) is 5.02. The van der Waals surface area contributed by atoms with Crippen molar-refractivity contribution in [3.05, 3.63) is 35.0 Å². The number of piperazine rings is 1. The quantitative estimate of drug-likeness (QED) is 0.895. The average molecular weight is 289 g/mol. The highest BCUT2D eigenvalue weighted by Crippen LogP contribution is 2.23. The summed E-state index contributed by atoms with van der Waals surface area (Å²) in [5.41, 5.74) is 9.28. The number of carbonyl (C=O) groups is 1. The van der Waals surface area contributed by atoms with Crippen LogP contribution in [0.25, 0.3) is 0 Å². The lowest BCUT2D eigenvalue weighted by molar-refractivity contribution is 0.0751. The molecule has 1 amide bonds. The van der Waals surface area contributed by atoms with E-state index in [-0.39, 0.29) is 5.91 Å². The summed E-state index contributed by atoms with van der Waals surface area (Å²) in [5, 5.41) is 0. The van der Waals surface area contributed by atoms with Crippen molar-refractivity contribution in [3.8, 4) is 0 Å². The summed E-state index contributed by atoms with van der Waals surface area (Å²) >= 11 is 1.38. The van der Waals surface area contributed by atoms with E-state index in [1.54, 1.807) is 24.1 Å². The van der Waals surface area contributed by atoms with Crippen LogP contribution in [0.15, 0.2) is 30.2 Å². The van der Waals surface area contributed by atoms with Gasteiger partial charge in [-0.2, -0.15) is 0 Å². The number of amides is 1. The number of rotatable bonds is 2. The number of anilines is 2. The van der Waals surface area contributed by atoms with Gasteiger partial charge in [0.15, 0.2) is 0 Å². The van der Waals surface area contributed by atoms with Gasteiger partial charge in [0, 0.05) is 32.4 Å². The predicted molar refractivity (Wildman–Crippen MR) is 78.9 cm³/mol. The second kappa shape index (κ2) is 5.46. The maximum absolute atomic E-state index is 12.2. The third kappa shape index (κ3) is 2.44. The van der Waals surface area contributed by atoms with Gasteiger partial charge in [-0.1, -0.05) is 0 Å². The van der Waals surface area contributed by atoms with Crippen LogP contribution in [-0.2, 0) is 0 Å². The number of nitrogen functional groups attached to an aromatic ring is 1. The average Bonchev–Trinajstić information content (AvgIpc) is 3.01. The number of thiazole rings is 1. The molecule has 0 radical (unpaired) electrons. The molecule has 1 fully saturated rings. The van der Waals surface area contributed by atoms with E-state index in [4.69, 9.17) is 5.73 Å². The summed E-state index contributed by atoms with van der Waals surface area (Å²) in [6, 6.07) is 1.91. The van der Waals surface area contributed by atoms with Gasteiger partial charge >= 0.3 is 0 Å². The number of pyridine rings is 1. The first-order chi connectivity index (χ1) is 9.75. The van der Waals surface area contributed by atoms with Gasteiger partial charge in [0.05, 0.1) is 29.3 Å². The van der Waals surface area contributed by atoms with Crippen molar-refractivity contribution in [1.29, 1.82) is 0 Å². The molecule has 0 bridgehead atoms. The van der Waals surface area contributed by atoms with E-state index in [9.17, 15) is 4.79 Å². The first kappa shape index (κ1) is 12.9. The Labute approximate surface area is 120 Å². The number of carbonyl (C=O) groups excluding carboxylic acids is 1. The molecule has 2 aromatic rings. The summed E-state index contributed by atoms with van der Waals surface area (Å²) in [5.74, 6) is 0.0647. The molecular formula is C13H15N5OS. The largest absolute Gasteiger partial charge is 0.396 e. The Hall–Kier alpha value is -2.15. The van der Waals surface area contributed by atoms with Gasteiger partial charge in [-0.3, -0.25) is 14.8 Å². The van der Waals surface area contributed by atoms with Gasteiger partial charge < -0.3 is 15.5 Å². The van der Waals surface area contributed by atoms with Crippen molar-refractivity contribution < 1.29 is 4.79 Å². The van der Waals surface area contributed by atoms with E-state index in [2.05, 4.69) is 14.9 Å². The van der Waals surface area contributed by atoms with Crippen molar-refractivity contribution >= 4 is 28.6 Å². The fourth-order valence-corrected chi connectivity index (χ4v) is 2.90. The van der Waals surface area contributed by atoms with Crippen molar-refractivity contribution in [2.75, 3.05) is 36.8 Å². The molecule has 0 unspecified atom stereocenters. The van der Waals surface area contributed by atoms with E-state index < -0.39 is 0 Å². The number of hydrogen-bond acceptors (Lipinski definition) is 6. The molecule has 2 aromatic heterocycles. The summed E-state index contributed by atoms with van der Waals surface area (Å²) in [4.78, 5) is 24.9. The summed E-state index contributed by atoms with van der Waals surface area (Å²) < 4.78 is 0. The smallest absolute Gasteiger partial charge is 0.265 e. The zero-order valence-corrected chi connectivity index (χ0v) is 11.7. The van der Waals surface area contributed by atoms with Gasteiger partial charge in [0.1, 0.15) is 4.88 Å². The van der Waals surface area contributed by atoms with E-state index in [1.807, 2.05) is 11.0 Å². The maximum atomic E-state index is 12.2. The summed E-state index contributed by atoms with van der Waals surface area (Å²) in [6.45, 7) is 2.94. The molecule has 7 heteroatoms. The molecule has 1 aliphatic heterocycles. The minimum Gasteiger partial charge on any atom is -0.396 e. The molecule has 0 saturated carbocycles. The monoisotopic (exact) mass is 289 g/mol. The third-order valence-electron chi connectivity index (χ3n) is 3.38. The molecule has 0 aliphatic carbocycles. The van der Waals surface area contributed by atoms with Crippen molar-refractivity contribution in [3.63, 3.8) is 0 Å². The van der Waals surface area contributed by atoms with Crippen LogP contribution < -0.4 is 10.6 Å². The molecule has 6 nitrogen and oxygen atoms in total. The van der Waals surface area contributed by atoms with Gasteiger partial charge in [0.25, 0.3) is 5.91 Å². The van der Waals surface area contributed by atoms with Gasteiger partial charge in [0.2, 0.25) is 0 Å². The molecule has 20 heavy (non-hydrogen) atoms. The standard InChI is InChI=1S/C13H15N5OS/c14-10-7-15-2-1-11(10)17-3-5-18(6-4-17)13(19)12-8-16-9-20-12/h1-2,7-9H,3-6,14H2. The highest BCUT2D eigenvalue weighted by atomic mass is 32.1. The van der Waals surface area contributed by atoms with Crippen molar-refractivity contribution in [1.82, 2.24) is 14.9 Å². The van der Waals surface area contributed by atoms with Crippen LogP contribution in [0.1, 0.15) is 9.67 Å². The Morgan fingerprint density at radius 2 is 2.00 bits per heavy atom. The van der Waals surface area contributed by atoms with Crippen LogP contribution in [0, 0.1) is 0 Å². The topological polar surface area (TPSA) is 75.3 Å². The van der Waals surface area contributed by atoms with Gasteiger partial charge in [-0.15, -0.1) is 11.3 Å². The molecule has 2 N–H and O–H groups in total. The summed E-state index contributed by atoms with van der Waals surface area (Å²) in [7, 11) is 0. The number of nitrogens with two attached hydrogens (primary N) is 1. The Bertz CT molecular complexity index is 593. The second-order valence-electron chi connectivity index (χ2n) is 4.58. The lowest BCUT2D eigenvalue weighted by atomic mass is 10.2. The molecular weight excluding hydrogens is 274 g/mol. The van der Waals surface area contributed by atoms with Gasteiger partial charge in [-0.25, -0.2) is 0 Å². The molecule has 3 heterocycles. The lowest BCUT2D eigenvalue weighted by Crippen LogP contribution is -2.48. The highest BCUT2D eigenvalue weighted by Gasteiger charge is 2.23. The molecule has 104 valence electrons. The van der Waals surface area contributed by atoms with Gasteiger partial charge in [-0.05, 0) is 6.07 Å². The molecule has 3 rings (SSSR count). The van der Waals surface area contributed by atoms with Crippen LogP contribution in [0.5, 0.6) is 0 Å². The lowest BCUT2D eigenvalue weighted by Gasteiger charge is -2.36. The molecule has 0 atom stereocenters. The fourth-order valence-electron chi connectivity index (χ4n) is 2.31. The van der Waals surface area contributed by atoms with Crippen LogP contribution in [0.4, 0.5) is 11.4 Å². The maximum Gasteiger partial charge on any atom is 0.265 e. The fraction of sp³-hybridized carbons (Fsp3) is 0.308. The predicted octanol–water partition coefficient (Wildman–Crippen LogP) is 1.08. The molecule has 1 aliphatic rings. The number of aromatic nitrogens is 2. The van der Waals surface area contributed by atoms with Crippen LogP contribution >= 0.6 is 11.3 Å². The first-order valence-corrected chi connectivity index (χ1v) is 7.26. The molecule has 0 aromatic carbocycles. The van der Waals surface area contributed by atoms with Crippen LogP contribution in [-0.4, -0.2) is 47.0 Å². The molecule has 0 spiro atoms. The minimum absolute atomic E-state index is 0.0647. The van der Waals surface area contributed by atoms with Crippen LogP contribution in [0.2, 0.25) is 0 Å². The van der Waals surface area contributed by atoms with E-state index in [1.165, 1.54) is 11.3 Å². The zero-order valence-electron chi connectivity index (χ0n) is 10.9. The van der Waals surface area contributed by atoms with Crippen LogP contribution in [0.3, 0.4) is 0 Å². The number of hydrogen-bond donors (Lipinski definition) is 1. The second-order valence-corrected chi connectivity index (χ2v) is 5.47. The Morgan fingerprint density at radius 1 is 1.20 bits per heavy atom. The highest BCUT2D eigenvalue weighted by molar-refractivity contribution is 7.11. The SMILES string of the molecule is Nc1cnccc1N1CCN(C(=O)c2cncs2)CC1. The van der Waals surface area contributed by atoms with Crippen molar-refractivity contribution in [2.24, 2.45) is 0 Å². The first-order valence-electron chi connectivity index (χ1n) is 6.38. The van der Waals surface area contributed by atoms with Crippen molar-refractivity contribution in [2.45, 2.75) is 0 Å². The molecule has 1 saturated heterocycles. The Kier molecular flexibility index (Phi) is 3.51. The number of nitrogens with zero attached hydrogens (tertiary/aromatic N) is 4. The normalized spacial score (nSPS) is 15.4. The zero-order chi connectivity index (χ0) is 13.9. The minimum atomic E-state index is 0.0647. The van der Waals surface area contributed by atoms with E-state index in [0.29, 0.717) is 23.7 Å². The third-order valence-corrected chi connectivity index (χ3v) is 4.14. The van der Waals surface area contributed by atoms with E-state index >= 15 is 0 Å². The van der Waals surface area contributed by atoms with E-state index in [0.717, 1.165) is 18.8 Å². The Morgan fingerprint density at radius 3 is 2.65 bits per heavy atom.